The predicted octanol–water partition coefficient (Wildman–Crippen LogP) is 2.83. The van der Waals surface area contributed by atoms with Gasteiger partial charge < -0.3 is 4.74 Å². The predicted molar refractivity (Wildman–Crippen MR) is 83.5 cm³/mol. The van der Waals surface area contributed by atoms with Crippen LogP contribution in [0.3, 0.4) is 0 Å². The second-order valence-corrected chi connectivity index (χ2v) is 7.88. The summed E-state index contributed by atoms with van der Waals surface area (Å²) in [6, 6.07) is 4.71. The van der Waals surface area contributed by atoms with Crippen molar-refractivity contribution in [2.45, 2.75) is 17.9 Å². The van der Waals surface area contributed by atoms with Crippen LogP contribution in [0.4, 0.5) is 0 Å². The summed E-state index contributed by atoms with van der Waals surface area (Å²) in [5.74, 6) is 1.37. The van der Waals surface area contributed by atoms with Crippen molar-refractivity contribution in [1.82, 2.24) is 4.31 Å². The maximum Gasteiger partial charge on any atom is 0.243 e. The first-order valence-electron chi connectivity index (χ1n) is 5.65. The van der Waals surface area contributed by atoms with Crippen molar-refractivity contribution in [2.75, 3.05) is 26.2 Å². The van der Waals surface area contributed by atoms with Gasteiger partial charge in [-0.15, -0.1) is 0 Å². The van der Waals surface area contributed by atoms with Crippen LogP contribution in [0.1, 0.15) is 6.92 Å². The summed E-state index contributed by atoms with van der Waals surface area (Å²) in [4.78, 5) is 0.260. The molecule has 108 valence electrons. The number of nitrogens with zero attached hydrogens (tertiary/aromatic N) is 1. The topological polar surface area (TPSA) is 46.6 Å². The van der Waals surface area contributed by atoms with E-state index in [4.69, 9.17) is 4.74 Å². The zero-order valence-corrected chi connectivity index (χ0v) is 14.6. The van der Waals surface area contributed by atoms with Crippen molar-refractivity contribution in [3.05, 3.63) is 22.7 Å². The molecule has 0 aliphatic rings. The number of ether oxygens (including phenoxy) is 1. The molecule has 19 heavy (non-hydrogen) atoms. The number of sulfonamides is 1. The Hall–Kier alpha value is -0.240. The Kier molecular flexibility index (Phi) is 6.16. The fraction of sp³-hybridized carbons (Fsp3) is 0.500. The van der Waals surface area contributed by atoms with Gasteiger partial charge in [0, 0.05) is 18.8 Å². The molecule has 0 fully saturated rings. The number of methoxy groups -OCH3 is 1. The van der Waals surface area contributed by atoms with Crippen LogP contribution >= 0.6 is 27.7 Å². The molecule has 1 atom stereocenters. The maximum atomic E-state index is 12.5. The van der Waals surface area contributed by atoms with Crippen LogP contribution in [0.15, 0.2) is 27.6 Å². The third-order valence-corrected chi connectivity index (χ3v) is 6.23. The van der Waals surface area contributed by atoms with Crippen LogP contribution in [0.5, 0.6) is 5.75 Å². The molecular formula is C12H18BrNO3S2. The average Bonchev–Trinajstić information content (AvgIpc) is 2.37. The highest BCUT2D eigenvalue weighted by Gasteiger charge is 2.25. The number of hydrogen-bond donors (Lipinski definition) is 0. The van der Waals surface area contributed by atoms with Crippen molar-refractivity contribution >= 4 is 37.7 Å². The zero-order valence-electron chi connectivity index (χ0n) is 11.4. The lowest BCUT2D eigenvalue weighted by Crippen LogP contribution is -2.36. The molecule has 0 spiro atoms. The molecule has 1 aromatic carbocycles. The van der Waals surface area contributed by atoms with Gasteiger partial charge in [0.1, 0.15) is 5.75 Å². The highest BCUT2D eigenvalue weighted by molar-refractivity contribution is 9.10. The van der Waals surface area contributed by atoms with Gasteiger partial charge in [0.25, 0.3) is 0 Å². The van der Waals surface area contributed by atoms with E-state index in [1.54, 1.807) is 44.1 Å². The molecule has 0 radical (unpaired) electrons. The molecule has 4 nitrogen and oxygen atoms in total. The van der Waals surface area contributed by atoms with Gasteiger partial charge in [0.15, 0.2) is 0 Å². The second-order valence-electron chi connectivity index (χ2n) is 4.12. The molecule has 0 N–H and O–H groups in total. The van der Waals surface area contributed by atoms with Crippen LogP contribution in [-0.4, -0.2) is 44.9 Å². The number of thioether (sulfide) groups is 1. The highest BCUT2D eigenvalue weighted by Crippen LogP contribution is 2.29. The van der Waals surface area contributed by atoms with Crippen LogP contribution in [0.2, 0.25) is 0 Å². The van der Waals surface area contributed by atoms with Crippen LogP contribution in [-0.2, 0) is 10.0 Å². The Morgan fingerprint density at radius 1 is 1.47 bits per heavy atom. The molecule has 0 aromatic heterocycles. The Bertz CT molecular complexity index is 534. The minimum absolute atomic E-state index is 0.0547. The second kappa shape index (κ2) is 6.97. The van der Waals surface area contributed by atoms with Crippen molar-refractivity contribution in [3.8, 4) is 5.75 Å². The fourth-order valence-corrected chi connectivity index (χ4v) is 4.44. The zero-order chi connectivity index (χ0) is 14.6. The minimum atomic E-state index is -3.47. The van der Waals surface area contributed by atoms with Gasteiger partial charge in [0.05, 0.1) is 16.5 Å². The molecule has 0 saturated heterocycles. The van der Waals surface area contributed by atoms with Crippen LogP contribution in [0.25, 0.3) is 0 Å². The molecule has 1 aromatic rings. The summed E-state index contributed by atoms with van der Waals surface area (Å²) >= 11 is 4.93. The highest BCUT2D eigenvalue weighted by atomic mass is 79.9. The molecule has 0 saturated carbocycles. The third-order valence-electron chi connectivity index (χ3n) is 2.83. The van der Waals surface area contributed by atoms with Crippen LogP contribution < -0.4 is 4.74 Å². The molecule has 0 aliphatic heterocycles. The number of halogens is 1. The van der Waals surface area contributed by atoms with Crippen molar-refractivity contribution in [1.29, 1.82) is 0 Å². The lowest BCUT2D eigenvalue weighted by Gasteiger charge is -2.23. The van der Waals surface area contributed by atoms with Crippen molar-refractivity contribution in [2.24, 2.45) is 0 Å². The summed E-state index contributed by atoms with van der Waals surface area (Å²) in [5.41, 5.74) is 0. The van der Waals surface area contributed by atoms with E-state index in [2.05, 4.69) is 15.9 Å². The van der Waals surface area contributed by atoms with Gasteiger partial charge in [-0.2, -0.15) is 16.1 Å². The number of rotatable bonds is 6. The third kappa shape index (κ3) is 3.87. The summed E-state index contributed by atoms with van der Waals surface area (Å²) < 4.78 is 32.0. The van der Waals surface area contributed by atoms with Gasteiger partial charge in [-0.1, -0.05) is 0 Å². The standard InChI is InChI=1S/C12H18BrNO3S2/c1-9(8-18-4)14(2)19(15,16)10-5-6-12(17-3)11(13)7-10/h5-7,9H,8H2,1-4H3. The average molecular weight is 368 g/mol. The van der Waals surface area contributed by atoms with Gasteiger partial charge >= 0.3 is 0 Å². The minimum Gasteiger partial charge on any atom is -0.496 e. The molecule has 0 bridgehead atoms. The maximum absolute atomic E-state index is 12.5. The van der Waals surface area contributed by atoms with Gasteiger partial charge in [0.2, 0.25) is 10.0 Å². The lowest BCUT2D eigenvalue weighted by molar-refractivity contribution is 0.409. The van der Waals surface area contributed by atoms with E-state index in [-0.39, 0.29) is 10.9 Å². The molecule has 0 amide bonds. The SMILES string of the molecule is COc1ccc(S(=O)(=O)N(C)C(C)CSC)cc1Br. The molecule has 1 rings (SSSR count). The quantitative estimate of drug-likeness (QED) is 0.775. The first kappa shape index (κ1) is 16.8. The summed E-state index contributed by atoms with van der Waals surface area (Å²) in [7, 11) is -0.325. The fourth-order valence-electron chi connectivity index (χ4n) is 1.56. The smallest absolute Gasteiger partial charge is 0.243 e. The lowest BCUT2D eigenvalue weighted by atomic mass is 10.3. The van der Waals surface area contributed by atoms with E-state index in [0.717, 1.165) is 5.75 Å². The Labute approximate surface area is 127 Å². The van der Waals surface area contributed by atoms with E-state index in [0.29, 0.717) is 10.2 Å². The van der Waals surface area contributed by atoms with Crippen molar-refractivity contribution in [3.63, 3.8) is 0 Å². The monoisotopic (exact) mass is 367 g/mol. The summed E-state index contributed by atoms with van der Waals surface area (Å²) in [5, 5.41) is 0. The van der Waals surface area contributed by atoms with E-state index < -0.39 is 10.0 Å². The molecule has 1 unspecified atom stereocenters. The molecule has 0 heterocycles. The Morgan fingerprint density at radius 2 is 2.11 bits per heavy atom. The van der Waals surface area contributed by atoms with Gasteiger partial charge in [-0.25, -0.2) is 8.42 Å². The largest absolute Gasteiger partial charge is 0.496 e. The summed E-state index contributed by atoms with van der Waals surface area (Å²) in [6.07, 6.45) is 1.96. The van der Waals surface area contributed by atoms with E-state index >= 15 is 0 Å². The molecule has 7 heteroatoms. The number of hydrogen-bond acceptors (Lipinski definition) is 4. The summed E-state index contributed by atoms with van der Waals surface area (Å²) in [6.45, 7) is 1.90. The van der Waals surface area contributed by atoms with E-state index in [1.165, 1.54) is 4.31 Å². The first-order chi connectivity index (χ1) is 8.84. The van der Waals surface area contributed by atoms with E-state index in [9.17, 15) is 8.42 Å². The van der Waals surface area contributed by atoms with Crippen LogP contribution in [0, 0.1) is 0 Å². The van der Waals surface area contributed by atoms with Crippen molar-refractivity contribution < 1.29 is 13.2 Å². The Morgan fingerprint density at radius 3 is 2.58 bits per heavy atom. The normalized spacial score (nSPS) is 13.6. The first-order valence-corrected chi connectivity index (χ1v) is 9.27. The molecule has 0 aliphatic carbocycles. The van der Waals surface area contributed by atoms with Gasteiger partial charge in [-0.05, 0) is 47.3 Å². The number of benzene rings is 1. The Balaban J connectivity index is 3.10. The molecular weight excluding hydrogens is 350 g/mol. The van der Waals surface area contributed by atoms with Gasteiger partial charge in [-0.3, -0.25) is 0 Å². The van der Waals surface area contributed by atoms with E-state index in [1.807, 2.05) is 13.2 Å².